The van der Waals surface area contributed by atoms with Gasteiger partial charge in [0, 0.05) is 18.5 Å². The molecule has 0 saturated carbocycles. The molecule has 0 radical (unpaired) electrons. The third kappa shape index (κ3) is 2.00. The monoisotopic (exact) mass is 226 g/mol. The zero-order chi connectivity index (χ0) is 11.0. The van der Waals surface area contributed by atoms with Crippen molar-refractivity contribution in [2.24, 2.45) is 0 Å². The van der Waals surface area contributed by atoms with E-state index in [4.69, 9.17) is 11.6 Å². The van der Waals surface area contributed by atoms with E-state index in [1.54, 1.807) is 0 Å². The Labute approximate surface area is 94.5 Å². The van der Waals surface area contributed by atoms with Crippen LogP contribution >= 0.6 is 11.6 Å². The molecule has 0 spiro atoms. The first-order valence-electron chi connectivity index (χ1n) is 5.20. The van der Waals surface area contributed by atoms with Gasteiger partial charge in [-0.3, -0.25) is 5.32 Å². The molecule has 2 heterocycles. The summed E-state index contributed by atoms with van der Waals surface area (Å²) in [6.45, 7) is 4.93. The summed E-state index contributed by atoms with van der Waals surface area (Å²) in [4.78, 5) is 4.27. The third-order valence-corrected chi connectivity index (χ3v) is 2.93. The van der Waals surface area contributed by atoms with E-state index in [2.05, 4.69) is 24.1 Å². The number of rotatable bonds is 1. The first kappa shape index (κ1) is 10.9. The summed E-state index contributed by atoms with van der Waals surface area (Å²) in [5, 5.41) is 13.4. The molecule has 2 N–H and O–H groups in total. The maximum absolute atomic E-state index is 9.89. The second-order valence-electron chi connectivity index (χ2n) is 4.16. The van der Waals surface area contributed by atoms with E-state index in [0.717, 1.165) is 29.8 Å². The van der Waals surface area contributed by atoms with Gasteiger partial charge in [0.2, 0.25) is 0 Å². The molecule has 0 bridgehead atoms. The van der Waals surface area contributed by atoms with Crippen molar-refractivity contribution >= 4 is 11.6 Å². The predicted octanol–water partition coefficient (Wildman–Crippen LogP) is 2.00. The van der Waals surface area contributed by atoms with Crippen molar-refractivity contribution < 1.29 is 5.11 Å². The summed E-state index contributed by atoms with van der Waals surface area (Å²) in [6, 6.07) is 1.85. The molecule has 15 heavy (non-hydrogen) atoms. The minimum absolute atomic E-state index is 0.341. The third-order valence-electron chi connectivity index (χ3n) is 2.73. The number of pyridine rings is 1. The van der Waals surface area contributed by atoms with Crippen molar-refractivity contribution in [3.8, 4) is 0 Å². The fourth-order valence-electron chi connectivity index (χ4n) is 2.01. The number of hydrogen-bond donors (Lipinski definition) is 2. The number of nitrogens with one attached hydrogen (secondary N) is 1. The second-order valence-corrected chi connectivity index (χ2v) is 4.54. The first-order chi connectivity index (χ1) is 7.09. The Bertz CT molecular complexity index is 379. The number of fused-ring (bicyclic) bond motifs is 1. The molecule has 0 saturated heterocycles. The maximum atomic E-state index is 9.89. The van der Waals surface area contributed by atoms with Crippen LogP contribution < -0.4 is 5.32 Å². The van der Waals surface area contributed by atoms with Gasteiger partial charge < -0.3 is 5.11 Å². The standard InChI is InChI=1S/C11H15ClN2O/c1-6(2)7-5-9(12)14-8-3-4-13-11(15)10(7)8/h5-6,11,13,15H,3-4H2,1-2H3. The first-order valence-corrected chi connectivity index (χ1v) is 5.58. The van der Waals surface area contributed by atoms with Gasteiger partial charge in [0.15, 0.2) is 0 Å². The number of hydrogen-bond acceptors (Lipinski definition) is 3. The molecule has 1 aromatic heterocycles. The quantitative estimate of drug-likeness (QED) is 0.720. The molecule has 1 atom stereocenters. The Morgan fingerprint density at radius 3 is 3.00 bits per heavy atom. The number of halogens is 1. The fraction of sp³-hybridized carbons (Fsp3) is 0.545. The lowest BCUT2D eigenvalue weighted by molar-refractivity contribution is 0.129. The SMILES string of the molecule is CC(C)c1cc(Cl)nc2c1C(O)NCC2. The van der Waals surface area contributed by atoms with Crippen molar-refractivity contribution in [3.05, 3.63) is 28.0 Å². The minimum Gasteiger partial charge on any atom is -0.374 e. The van der Waals surface area contributed by atoms with Crippen LogP contribution in [-0.4, -0.2) is 16.6 Å². The Balaban J connectivity index is 2.58. The summed E-state index contributed by atoms with van der Waals surface area (Å²) in [5.41, 5.74) is 2.93. The maximum Gasteiger partial charge on any atom is 0.133 e. The number of aliphatic hydroxyl groups excluding tert-OH is 1. The molecule has 1 unspecified atom stereocenters. The van der Waals surface area contributed by atoms with Gasteiger partial charge in [-0.2, -0.15) is 0 Å². The lowest BCUT2D eigenvalue weighted by Crippen LogP contribution is -2.31. The van der Waals surface area contributed by atoms with Crippen LogP contribution in [-0.2, 0) is 6.42 Å². The Hall–Kier alpha value is -0.640. The van der Waals surface area contributed by atoms with Crippen LogP contribution in [0.5, 0.6) is 0 Å². The van der Waals surface area contributed by atoms with E-state index >= 15 is 0 Å². The Morgan fingerprint density at radius 1 is 1.60 bits per heavy atom. The van der Waals surface area contributed by atoms with E-state index < -0.39 is 6.23 Å². The van der Waals surface area contributed by atoms with Crippen molar-refractivity contribution in [1.29, 1.82) is 0 Å². The van der Waals surface area contributed by atoms with Gasteiger partial charge in [-0.25, -0.2) is 4.98 Å². The number of aliphatic hydroxyl groups is 1. The highest BCUT2D eigenvalue weighted by atomic mass is 35.5. The highest BCUT2D eigenvalue weighted by Gasteiger charge is 2.23. The molecule has 2 rings (SSSR count). The van der Waals surface area contributed by atoms with Crippen LogP contribution in [0.25, 0.3) is 0 Å². The van der Waals surface area contributed by atoms with Crippen molar-refractivity contribution in [1.82, 2.24) is 10.3 Å². The van der Waals surface area contributed by atoms with Gasteiger partial charge in [-0.05, 0) is 17.5 Å². The van der Waals surface area contributed by atoms with Gasteiger partial charge in [0.1, 0.15) is 11.4 Å². The molecule has 0 amide bonds. The normalized spacial score (nSPS) is 20.5. The molecule has 1 aliphatic heterocycles. The van der Waals surface area contributed by atoms with Gasteiger partial charge in [0.05, 0.1) is 5.69 Å². The van der Waals surface area contributed by atoms with E-state index in [0.29, 0.717) is 11.1 Å². The zero-order valence-electron chi connectivity index (χ0n) is 8.92. The molecule has 4 heteroatoms. The van der Waals surface area contributed by atoms with E-state index in [1.807, 2.05) is 6.07 Å². The van der Waals surface area contributed by atoms with Gasteiger partial charge in [-0.1, -0.05) is 25.4 Å². The smallest absolute Gasteiger partial charge is 0.133 e. The summed E-state index contributed by atoms with van der Waals surface area (Å²) in [6.07, 6.45) is 0.225. The molecule has 0 fully saturated rings. The molecule has 1 aliphatic rings. The highest BCUT2D eigenvalue weighted by molar-refractivity contribution is 6.29. The summed E-state index contributed by atoms with van der Waals surface area (Å²) >= 11 is 5.96. The minimum atomic E-state index is -0.601. The molecular formula is C11H15ClN2O. The number of aromatic nitrogens is 1. The molecule has 3 nitrogen and oxygen atoms in total. The average Bonchev–Trinajstić information content (AvgIpc) is 2.16. The summed E-state index contributed by atoms with van der Waals surface area (Å²) < 4.78 is 0. The lowest BCUT2D eigenvalue weighted by atomic mass is 9.93. The molecule has 0 aliphatic carbocycles. The van der Waals surface area contributed by atoms with Gasteiger partial charge in [0.25, 0.3) is 0 Å². The van der Waals surface area contributed by atoms with Gasteiger partial charge >= 0.3 is 0 Å². The molecular weight excluding hydrogens is 212 g/mol. The van der Waals surface area contributed by atoms with Crippen LogP contribution in [0, 0.1) is 0 Å². The Morgan fingerprint density at radius 2 is 2.33 bits per heavy atom. The van der Waals surface area contributed by atoms with Crippen molar-refractivity contribution in [3.63, 3.8) is 0 Å². The molecule has 82 valence electrons. The zero-order valence-corrected chi connectivity index (χ0v) is 9.67. The lowest BCUT2D eigenvalue weighted by Gasteiger charge is -2.26. The van der Waals surface area contributed by atoms with Crippen LogP contribution in [0.15, 0.2) is 6.07 Å². The highest BCUT2D eigenvalue weighted by Crippen LogP contribution is 2.30. The van der Waals surface area contributed by atoms with Crippen molar-refractivity contribution in [2.45, 2.75) is 32.4 Å². The average molecular weight is 227 g/mol. The van der Waals surface area contributed by atoms with Crippen LogP contribution in [0.2, 0.25) is 5.15 Å². The van der Waals surface area contributed by atoms with E-state index in [9.17, 15) is 5.11 Å². The van der Waals surface area contributed by atoms with Crippen LogP contribution in [0.4, 0.5) is 0 Å². The van der Waals surface area contributed by atoms with Crippen LogP contribution in [0.1, 0.15) is 42.8 Å². The van der Waals surface area contributed by atoms with Crippen LogP contribution in [0.3, 0.4) is 0 Å². The van der Waals surface area contributed by atoms with E-state index in [-0.39, 0.29) is 0 Å². The Kier molecular flexibility index (Phi) is 2.96. The van der Waals surface area contributed by atoms with Crippen molar-refractivity contribution in [2.75, 3.05) is 6.54 Å². The van der Waals surface area contributed by atoms with Gasteiger partial charge in [-0.15, -0.1) is 0 Å². The topological polar surface area (TPSA) is 45.2 Å². The fourth-order valence-corrected chi connectivity index (χ4v) is 2.23. The van der Waals surface area contributed by atoms with E-state index in [1.165, 1.54) is 0 Å². The summed E-state index contributed by atoms with van der Waals surface area (Å²) in [5.74, 6) is 0.341. The second kappa shape index (κ2) is 4.08. The molecule has 1 aromatic rings. The predicted molar refractivity (Wildman–Crippen MR) is 60.0 cm³/mol. The largest absolute Gasteiger partial charge is 0.374 e. The number of nitrogens with zero attached hydrogens (tertiary/aromatic N) is 1. The summed E-state index contributed by atoms with van der Waals surface area (Å²) in [7, 11) is 0. The molecule has 0 aromatic carbocycles.